The molecule has 0 spiro atoms. The molecule has 0 radical (unpaired) electrons. The predicted octanol–water partition coefficient (Wildman–Crippen LogP) is 1.65. The third-order valence-corrected chi connectivity index (χ3v) is 3.23. The maximum absolute atomic E-state index is 11.9. The summed E-state index contributed by atoms with van der Waals surface area (Å²) >= 11 is 3.40. The summed E-state index contributed by atoms with van der Waals surface area (Å²) in [6.07, 6.45) is 5.18. The second-order valence-electron chi connectivity index (χ2n) is 4.06. The van der Waals surface area contributed by atoms with Crippen molar-refractivity contribution in [1.82, 2.24) is 0 Å². The van der Waals surface area contributed by atoms with E-state index in [1.165, 1.54) is 6.20 Å². The molecule has 0 saturated carbocycles. The highest BCUT2D eigenvalue weighted by molar-refractivity contribution is 9.10. The number of allylic oxidation sites excluding steroid dienone is 2. The molecule has 1 aliphatic heterocycles. The van der Waals surface area contributed by atoms with Crippen molar-refractivity contribution in [3.8, 4) is 0 Å². The monoisotopic (exact) mass is 307 g/mol. The number of anilines is 1. The van der Waals surface area contributed by atoms with Crippen molar-refractivity contribution >= 4 is 27.5 Å². The minimum Gasteiger partial charge on any atom is -0.405 e. The number of nitrogens with zero attached hydrogens (tertiary/aromatic N) is 1. The quantitative estimate of drug-likeness (QED) is 0.834. The van der Waals surface area contributed by atoms with E-state index in [1.807, 2.05) is 18.2 Å². The lowest BCUT2D eigenvalue weighted by Crippen LogP contribution is -2.30. The highest BCUT2D eigenvalue weighted by Crippen LogP contribution is 2.31. The molecule has 2 rings (SSSR count). The van der Waals surface area contributed by atoms with Crippen LogP contribution < -0.4 is 16.4 Å². The van der Waals surface area contributed by atoms with Crippen LogP contribution in [0.25, 0.3) is 0 Å². The van der Waals surface area contributed by atoms with Crippen molar-refractivity contribution in [2.45, 2.75) is 6.42 Å². The van der Waals surface area contributed by atoms with Crippen LogP contribution in [0.2, 0.25) is 0 Å². The maximum Gasteiger partial charge on any atom is 0.231 e. The van der Waals surface area contributed by atoms with Gasteiger partial charge in [-0.2, -0.15) is 0 Å². The summed E-state index contributed by atoms with van der Waals surface area (Å²) in [6.45, 7) is 0.387. The fourth-order valence-corrected chi connectivity index (χ4v) is 2.35. The molecule has 0 aliphatic carbocycles. The zero-order valence-corrected chi connectivity index (χ0v) is 11.4. The SMILES string of the molecule is N/C=C\C=C(/N)CN1C(=O)Cc2cc(Br)ccc21. The smallest absolute Gasteiger partial charge is 0.231 e. The van der Waals surface area contributed by atoms with E-state index in [1.54, 1.807) is 17.1 Å². The molecule has 18 heavy (non-hydrogen) atoms. The zero-order chi connectivity index (χ0) is 13.1. The third-order valence-electron chi connectivity index (χ3n) is 2.74. The van der Waals surface area contributed by atoms with Crippen LogP contribution in [0.1, 0.15) is 5.56 Å². The Morgan fingerprint density at radius 2 is 2.28 bits per heavy atom. The molecule has 0 saturated heterocycles. The van der Waals surface area contributed by atoms with Crippen LogP contribution in [0.3, 0.4) is 0 Å². The molecule has 5 heteroatoms. The highest BCUT2D eigenvalue weighted by atomic mass is 79.9. The van der Waals surface area contributed by atoms with Crippen LogP contribution in [0, 0.1) is 0 Å². The molecular weight excluding hydrogens is 294 g/mol. The summed E-state index contributed by atoms with van der Waals surface area (Å²) < 4.78 is 0.977. The number of nitrogens with two attached hydrogens (primary N) is 2. The molecule has 4 N–H and O–H groups in total. The molecule has 0 fully saturated rings. The van der Waals surface area contributed by atoms with Gasteiger partial charge in [0.15, 0.2) is 0 Å². The van der Waals surface area contributed by atoms with Gasteiger partial charge in [0.05, 0.1) is 13.0 Å². The maximum atomic E-state index is 11.9. The second-order valence-corrected chi connectivity index (χ2v) is 4.97. The topological polar surface area (TPSA) is 72.3 Å². The number of rotatable bonds is 3. The van der Waals surface area contributed by atoms with Crippen molar-refractivity contribution in [2.24, 2.45) is 11.5 Å². The van der Waals surface area contributed by atoms with Crippen molar-refractivity contribution in [3.63, 3.8) is 0 Å². The Kier molecular flexibility index (Phi) is 3.72. The number of benzene rings is 1. The lowest BCUT2D eigenvalue weighted by Gasteiger charge is -2.17. The first-order valence-electron chi connectivity index (χ1n) is 5.53. The van der Waals surface area contributed by atoms with Gasteiger partial charge in [-0.1, -0.05) is 15.9 Å². The van der Waals surface area contributed by atoms with Gasteiger partial charge in [0.1, 0.15) is 0 Å². The van der Waals surface area contributed by atoms with Gasteiger partial charge in [-0.25, -0.2) is 0 Å². The van der Waals surface area contributed by atoms with Gasteiger partial charge in [0.2, 0.25) is 5.91 Å². The predicted molar refractivity (Wildman–Crippen MR) is 75.8 cm³/mol. The standard InChI is InChI=1S/C13H14BrN3O/c14-10-3-4-12-9(6-10)7-13(18)17(12)8-11(16)2-1-5-15/h1-6H,7-8,15-16H2/b5-1-,11-2-. The lowest BCUT2D eigenvalue weighted by atomic mass is 10.2. The fraction of sp³-hybridized carbons (Fsp3) is 0.154. The number of amides is 1. The van der Waals surface area contributed by atoms with Gasteiger partial charge in [-0.05, 0) is 42.1 Å². The first-order chi connectivity index (χ1) is 8.61. The Hall–Kier alpha value is -1.75. The minimum absolute atomic E-state index is 0.0659. The lowest BCUT2D eigenvalue weighted by molar-refractivity contribution is -0.117. The van der Waals surface area contributed by atoms with Crippen molar-refractivity contribution in [2.75, 3.05) is 11.4 Å². The molecule has 1 aromatic rings. The number of fused-ring (bicyclic) bond motifs is 1. The van der Waals surface area contributed by atoms with E-state index in [9.17, 15) is 4.79 Å². The first-order valence-corrected chi connectivity index (χ1v) is 6.33. The molecule has 0 aromatic heterocycles. The largest absolute Gasteiger partial charge is 0.405 e. The Bertz CT molecular complexity index is 537. The van der Waals surface area contributed by atoms with Crippen molar-refractivity contribution in [3.05, 3.63) is 52.3 Å². The van der Waals surface area contributed by atoms with E-state index in [0.717, 1.165) is 15.7 Å². The number of hydrogen-bond donors (Lipinski definition) is 2. The number of halogens is 1. The molecule has 1 amide bonds. The van der Waals surface area contributed by atoms with E-state index in [0.29, 0.717) is 18.7 Å². The summed E-state index contributed by atoms with van der Waals surface area (Å²) in [5, 5.41) is 0. The van der Waals surface area contributed by atoms with Gasteiger partial charge in [-0.15, -0.1) is 0 Å². The van der Waals surface area contributed by atoms with Crippen LogP contribution in [0.5, 0.6) is 0 Å². The van der Waals surface area contributed by atoms with E-state index in [2.05, 4.69) is 15.9 Å². The zero-order valence-electron chi connectivity index (χ0n) is 9.77. The highest BCUT2D eigenvalue weighted by Gasteiger charge is 2.27. The number of carbonyl (C=O) groups excluding carboxylic acids is 1. The summed E-state index contributed by atoms with van der Waals surface area (Å²) in [4.78, 5) is 13.6. The van der Waals surface area contributed by atoms with Crippen LogP contribution in [0.4, 0.5) is 5.69 Å². The van der Waals surface area contributed by atoms with E-state index in [-0.39, 0.29) is 5.91 Å². The van der Waals surface area contributed by atoms with Gasteiger partial charge < -0.3 is 16.4 Å². The average molecular weight is 308 g/mol. The average Bonchev–Trinajstić information content (AvgIpc) is 2.62. The summed E-state index contributed by atoms with van der Waals surface area (Å²) in [5.74, 6) is 0.0659. The molecule has 0 bridgehead atoms. The van der Waals surface area contributed by atoms with E-state index >= 15 is 0 Å². The molecule has 1 aliphatic rings. The molecule has 94 valence electrons. The van der Waals surface area contributed by atoms with Gasteiger partial charge in [0.25, 0.3) is 0 Å². The second kappa shape index (κ2) is 5.27. The number of carbonyl (C=O) groups is 1. The molecule has 0 atom stereocenters. The Balaban J connectivity index is 2.23. The molecule has 0 unspecified atom stereocenters. The van der Waals surface area contributed by atoms with E-state index in [4.69, 9.17) is 11.5 Å². The Morgan fingerprint density at radius 1 is 1.50 bits per heavy atom. The fourth-order valence-electron chi connectivity index (χ4n) is 1.94. The normalized spacial score (nSPS) is 15.5. The Morgan fingerprint density at radius 3 is 3.00 bits per heavy atom. The van der Waals surface area contributed by atoms with Crippen molar-refractivity contribution < 1.29 is 4.79 Å². The van der Waals surface area contributed by atoms with E-state index < -0.39 is 0 Å². The Labute approximate surface area is 114 Å². The van der Waals surface area contributed by atoms with Gasteiger partial charge in [0, 0.05) is 15.9 Å². The third kappa shape index (κ3) is 2.56. The van der Waals surface area contributed by atoms with Crippen molar-refractivity contribution in [1.29, 1.82) is 0 Å². The van der Waals surface area contributed by atoms with Crippen LogP contribution in [-0.2, 0) is 11.2 Å². The van der Waals surface area contributed by atoms with Crippen LogP contribution in [-0.4, -0.2) is 12.5 Å². The molecule has 1 heterocycles. The number of hydrogen-bond acceptors (Lipinski definition) is 3. The van der Waals surface area contributed by atoms with Gasteiger partial charge in [-0.3, -0.25) is 4.79 Å². The first kappa shape index (κ1) is 12.7. The summed E-state index contributed by atoms with van der Waals surface area (Å²) in [6, 6.07) is 5.81. The van der Waals surface area contributed by atoms with Crippen LogP contribution >= 0.6 is 15.9 Å². The minimum atomic E-state index is 0.0659. The van der Waals surface area contributed by atoms with Crippen LogP contribution in [0.15, 0.2) is 46.7 Å². The summed E-state index contributed by atoms with van der Waals surface area (Å²) in [7, 11) is 0. The molecule has 4 nitrogen and oxygen atoms in total. The molecular formula is C13H14BrN3O. The summed E-state index contributed by atoms with van der Waals surface area (Å²) in [5.41, 5.74) is 13.6. The van der Waals surface area contributed by atoms with Gasteiger partial charge >= 0.3 is 0 Å². The molecule has 1 aromatic carbocycles.